The van der Waals surface area contributed by atoms with Gasteiger partial charge in [0.1, 0.15) is 6.04 Å². The molecule has 0 saturated heterocycles. The van der Waals surface area contributed by atoms with Crippen molar-refractivity contribution in [3.05, 3.63) is 0 Å². The molecule has 1 amide bonds. The molecule has 1 unspecified atom stereocenters. The predicted molar refractivity (Wildman–Crippen MR) is 55.3 cm³/mol. The molecule has 5 heteroatoms. The minimum absolute atomic E-state index is 0.0317. The van der Waals surface area contributed by atoms with E-state index in [1.165, 1.54) is 7.11 Å². The van der Waals surface area contributed by atoms with Gasteiger partial charge in [0, 0.05) is 6.04 Å². The first-order valence-corrected chi connectivity index (χ1v) is 5.12. The van der Waals surface area contributed by atoms with Gasteiger partial charge in [-0.2, -0.15) is 0 Å². The molecule has 5 nitrogen and oxygen atoms in total. The van der Waals surface area contributed by atoms with Gasteiger partial charge in [0.05, 0.1) is 13.7 Å². The summed E-state index contributed by atoms with van der Waals surface area (Å²) in [6, 6.07) is -0.0284. The lowest BCUT2D eigenvalue weighted by atomic mass is 10.3. The van der Waals surface area contributed by atoms with Crippen LogP contribution in [0.15, 0.2) is 0 Å². The molecule has 0 aromatic rings. The number of nitrogens with zero attached hydrogens (tertiary/aromatic N) is 1. The maximum absolute atomic E-state index is 11.4. The van der Waals surface area contributed by atoms with Crippen LogP contribution in [0.2, 0.25) is 0 Å². The second-order valence-corrected chi connectivity index (χ2v) is 3.96. The zero-order valence-corrected chi connectivity index (χ0v) is 9.45. The Kier molecular flexibility index (Phi) is 4.08. The first-order valence-electron chi connectivity index (χ1n) is 5.12. The Bertz CT molecular complexity index is 251. The summed E-state index contributed by atoms with van der Waals surface area (Å²) in [7, 11) is 3.07. The SMILES string of the molecule is COC(=O)C(C)N(C)CC(=O)NC1CC1. The van der Waals surface area contributed by atoms with Crippen molar-refractivity contribution in [2.45, 2.75) is 31.8 Å². The molecule has 0 spiro atoms. The third-order valence-electron chi connectivity index (χ3n) is 2.54. The van der Waals surface area contributed by atoms with Crippen LogP contribution in [-0.2, 0) is 14.3 Å². The van der Waals surface area contributed by atoms with E-state index in [0.717, 1.165) is 12.8 Å². The lowest BCUT2D eigenvalue weighted by molar-refractivity contribution is -0.146. The normalized spacial score (nSPS) is 17.3. The number of hydrogen-bond donors (Lipinski definition) is 1. The van der Waals surface area contributed by atoms with Crippen molar-refractivity contribution in [3.8, 4) is 0 Å². The molecule has 1 atom stereocenters. The van der Waals surface area contributed by atoms with E-state index in [2.05, 4.69) is 10.1 Å². The fourth-order valence-corrected chi connectivity index (χ4v) is 1.21. The largest absolute Gasteiger partial charge is 0.468 e. The number of hydrogen-bond acceptors (Lipinski definition) is 4. The minimum Gasteiger partial charge on any atom is -0.468 e. The molecule has 1 N–H and O–H groups in total. The molecular formula is C10H18N2O3. The number of ether oxygens (including phenoxy) is 1. The van der Waals surface area contributed by atoms with Gasteiger partial charge in [-0.05, 0) is 26.8 Å². The summed E-state index contributed by atoms with van der Waals surface area (Å²) in [6.07, 6.45) is 2.14. The van der Waals surface area contributed by atoms with E-state index in [1.54, 1.807) is 18.9 Å². The van der Waals surface area contributed by atoms with Gasteiger partial charge in [-0.25, -0.2) is 0 Å². The van der Waals surface area contributed by atoms with E-state index in [-0.39, 0.29) is 24.5 Å². The molecule has 1 saturated carbocycles. The highest BCUT2D eigenvalue weighted by atomic mass is 16.5. The summed E-state index contributed by atoms with van der Waals surface area (Å²) in [4.78, 5) is 24.3. The molecule has 1 fully saturated rings. The van der Waals surface area contributed by atoms with Crippen molar-refractivity contribution in [3.63, 3.8) is 0 Å². The van der Waals surface area contributed by atoms with Crippen LogP contribution in [0.25, 0.3) is 0 Å². The molecule has 1 aliphatic rings. The third kappa shape index (κ3) is 3.87. The van der Waals surface area contributed by atoms with Gasteiger partial charge in [-0.3, -0.25) is 14.5 Å². The Morgan fingerprint density at radius 2 is 2.13 bits per heavy atom. The van der Waals surface area contributed by atoms with Gasteiger partial charge in [-0.15, -0.1) is 0 Å². The molecule has 0 bridgehead atoms. The van der Waals surface area contributed by atoms with E-state index in [0.29, 0.717) is 6.04 Å². The van der Waals surface area contributed by atoms with E-state index in [4.69, 9.17) is 0 Å². The summed E-state index contributed by atoms with van der Waals surface area (Å²) in [6.45, 7) is 1.95. The Hall–Kier alpha value is -1.10. The van der Waals surface area contributed by atoms with Crippen LogP contribution < -0.4 is 5.32 Å². The molecular weight excluding hydrogens is 196 g/mol. The Labute approximate surface area is 89.8 Å². The molecule has 0 aromatic heterocycles. The highest BCUT2D eigenvalue weighted by molar-refractivity contribution is 5.80. The number of rotatable bonds is 5. The van der Waals surface area contributed by atoms with Crippen molar-refractivity contribution in [2.75, 3.05) is 20.7 Å². The Morgan fingerprint density at radius 3 is 2.60 bits per heavy atom. The summed E-state index contributed by atoms with van der Waals surface area (Å²) >= 11 is 0. The second kappa shape index (κ2) is 5.11. The molecule has 0 aromatic carbocycles. The monoisotopic (exact) mass is 214 g/mol. The van der Waals surface area contributed by atoms with Crippen LogP contribution in [0.3, 0.4) is 0 Å². The van der Waals surface area contributed by atoms with Gasteiger partial charge < -0.3 is 10.1 Å². The maximum atomic E-state index is 11.4. The smallest absolute Gasteiger partial charge is 0.322 e. The van der Waals surface area contributed by atoms with Crippen LogP contribution in [0, 0.1) is 0 Å². The van der Waals surface area contributed by atoms with E-state index >= 15 is 0 Å². The molecule has 86 valence electrons. The van der Waals surface area contributed by atoms with Crippen molar-refractivity contribution in [1.82, 2.24) is 10.2 Å². The number of nitrogens with one attached hydrogen (secondary N) is 1. The Morgan fingerprint density at radius 1 is 1.53 bits per heavy atom. The highest BCUT2D eigenvalue weighted by Crippen LogP contribution is 2.18. The zero-order chi connectivity index (χ0) is 11.4. The van der Waals surface area contributed by atoms with E-state index in [9.17, 15) is 9.59 Å². The minimum atomic E-state index is -0.389. The standard InChI is InChI=1S/C10H18N2O3/c1-7(10(14)15-3)12(2)6-9(13)11-8-4-5-8/h7-8H,4-6H2,1-3H3,(H,11,13). The number of carbonyl (C=O) groups is 2. The van der Waals surface area contributed by atoms with Crippen molar-refractivity contribution in [2.24, 2.45) is 0 Å². The average molecular weight is 214 g/mol. The van der Waals surface area contributed by atoms with E-state index in [1.807, 2.05) is 0 Å². The third-order valence-corrected chi connectivity index (χ3v) is 2.54. The second-order valence-electron chi connectivity index (χ2n) is 3.96. The average Bonchev–Trinajstić information content (AvgIpc) is 2.98. The van der Waals surface area contributed by atoms with Crippen LogP contribution >= 0.6 is 0 Å². The van der Waals surface area contributed by atoms with Crippen molar-refractivity contribution >= 4 is 11.9 Å². The molecule has 0 aliphatic heterocycles. The summed E-state index contributed by atoms with van der Waals surface area (Å²) in [5.74, 6) is -0.354. The van der Waals surface area contributed by atoms with Crippen LogP contribution in [0.1, 0.15) is 19.8 Å². The van der Waals surface area contributed by atoms with Crippen LogP contribution in [0.5, 0.6) is 0 Å². The number of carbonyl (C=O) groups excluding carboxylic acids is 2. The van der Waals surface area contributed by atoms with Gasteiger partial charge in [-0.1, -0.05) is 0 Å². The summed E-state index contributed by atoms with van der Waals surface area (Å²) in [5, 5.41) is 2.86. The maximum Gasteiger partial charge on any atom is 0.322 e. The van der Waals surface area contributed by atoms with E-state index < -0.39 is 0 Å². The quantitative estimate of drug-likeness (QED) is 0.642. The fourth-order valence-electron chi connectivity index (χ4n) is 1.21. The Balaban J connectivity index is 2.29. The van der Waals surface area contributed by atoms with Crippen LogP contribution in [0.4, 0.5) is 0 Å². The predicted octanol–water partition coefficient (Wildman–Crippen LogP) is -0.242. The number of esters is 1. The molecule has 15 heavy (non-hydrogen) atoms. The van der Waals surface area contributed by atoms with Crippen LogP contribution in [-0.4, -0.2) is 49.6 Å². The lowest BCUT2D eigenvalue weighted by Gasteiger charge is -2.21. The van der Waals surface area contributed by atoms with Crippen molar-refractivity contribution < 1.29 is 14.3 Å². The topological polar surface area (TPSA) is 58.6 Å². The first kappa shape index (κ1) is 12.0. The van der Waals surface area contributed by atoms with Gasteiger partial charge in [0.2, 0.25) is 5.91 Å². The lowest BCUT2D eigenvalue weighted by Crippen LogP contribution is -2.43. The number of methoxy groups -OCH3 is 1. The van der Waals surface area contributed by atoms with Gasteiger partial charge in [0.15, 0.2) is 0 Å². The zero-order valence-electron chi connectivity index (χ0n) is 9.45. The highest BCUT2D eigenvalue weighted by Gasteiger charge is 2.25. The molecule has 1 aliphatic carbocycles. The van der Waals surface area contributed by atoms with Gasteiger partial charge in [0.25, 0.3) is 0 Å². The number of likely N-dealkylation sites (N-methyl/N-ethyl adjacent to an activating group) is 1. The molecule has 0 radical (unpaired) electrons. The molecule has 1 rings (SSSR count). The fraction of sp³-hybridized carbons (Fsp3) is 0.800. The summed E-state index contributed by atoms with van der Waals surface area (Å²) < 4.78 is 4.60. The number of amides is 1. The molecule has 0 heterocycles. The van der Waals surface area contributed by atoms with Crippen molar-refractivity contribution in [1.29, 1.82) is 0 Å². The van der Waals surface area contributed by atoms with Gasteiger partial charge >= 0.3 is 5.97 Å². The first-order chi connectivity index (χ1) is 7.04. The summed E-state index contributed by atoms with van der Waals surface area (Å²) in [5.41, 5.74) is 0.